The minimum Gasteiger partial charge on any atom is -0.395 e. The van der Waals surface area contributed by atoms with E-state index < -0.39 is 0 Å². The van der Waals surface area contributed by atoms with E-state index in [4.69, 9.17) is 5.11 Å². The maximum atomic E-state index is 8.91. The lowest BCUT2D eigenvalue weighted by molar-refractivity contribution is 0.256. The maximum Gasteiger partial charge on any atom is 0.0558 e. The second-order valence-electron chi connectivity index (χ2n) is 6.87. The van der Waals surface area contributed by atoms with E-state index >= 15 is 0 Å². The molecule has 2 nitrogen and oxygen atoms in total. The average Bonchev–Trinajstić information content (AvgIpc) is 3.26. The predicted molar refractivity (Wildman–Crippen MR) is 78.9 cm³/mol. The fraction of sp³-hybridized carbons (Fsp3) is 0.765. The molecule has 0 aromatic heterocycles. The molecule has 1 aliphatic heterocycles. The minimum absolute atomic E-state index is 0.310. The van der Waals surface area contributed by atoms with E-state index in [-0.39, 0.29) is 0 Å². The average molecular weight is 261 g/mol. The molecule has 0 aromatic carbocycles. The Kier molecular flexibility index (Phi) is 3.57. The number of rotatable bonds is 5. The minimum atomic E-state index is 0.310. The van der Waals surface area contributed by atoms with Crippen LogP contribution in [-0.2, 0) is 0 Å². The summed E-state index contributed by atoms with van der Waals surface area (Å²) in [5, 5.41) is 8.91. The van der Waals surface area contributed by atoms with Gasteiger partial charge < -0.3 is 5.11 Å². The van der Waals surface area contributed by atoms with Gasteiger partial charge in [0.05, 0.1) is 18.7 Å². The number of nitrogens with zero attached hydrogens (tertiary/aromatic N) is 1. The van der Waals surface area contributed by atoms with Gasteiger partial charge in [-0.15, -0.1) is 0 Å². The first kappa shape index (κ1) is 13.4. The van der Waals surface area contributed by atoms with Crippen LogP contribution in [-0.4, -0.2) is 35.2 Å². The Labute approximate surface area is 117 Å². The van der Waals surface area contributed by atoms with Crippen LogP contribution in [0.2, 0.25) is 0 Å². The van der Waals surface area contributed by atoms with Crippen LogP contribution in [0.1, 0.15) is 46.5 Å². The fourth-order valence-electron chi connectivity index (χ4n) is 3.85. The van der Waals surface area contributed by atoms with Gasteiger partial charge in [-0.05, 0) is 50.0 Å². The molecule has 0 radical (unpaired) electrons. The summed E-state index contributed by atoms with van der Waals surface area (Å²) in [6.45, 7) is 8.14. The van der Waals surface area contributed by atoms with E-state index in [0.29, 0.717) is 6.61 Å². The van der Waals surface area contributed by atoms with E-state index in [1.807, 2.05) is 0 Å². The summed E-state index contributed by atoms with van der Waals surface area (Å²) < 4.78 is 0. The number of likely N-dealkylation sites (tertiary alicyclic amines) is 1. The molecule has 2 fully saturated rings. The molecule has 3 aliphatic rings. The van der Waals surface area contributed by atoms with Gasteiger partial charge in [-0.25, -0.2) is 0 Å². The maximum absolute atomic E-state index is 8.91. The van der Waals surface area contributed by atoms with Crippen molar-refractivity contribution >= 4 is 0 Å². The van der Waals surface area contributed by atoms with Crippen LogP contribution >= 0.6 is 0 Å². The smallest absolute Gasteiger partial charge is 0.0558 e. The van der Waals surface area contributed by atoms with Gasteiger partial charge in [-0.1, -0.05) is 31.1 Å². The van der Waals surface area contributed by atoms with Crippen LogP contribution in [0.3, 0.4) is 0 Å². The summed E-state index contributed by atoms with van der Waals surface area (Å²) in [5.74, 6) is 1.62. The number of aliphatic hydroxyl groups is 1. The summed E-state index contributed by atoms with van der Waals surface area (Å²) in [7, 11) is 0. The first-order chi connectivity index (χ1) is 9.13. The summed E-state index contributed by atoms with van der Waals surface area (Å²) in [6.07, 6.45) is 7.78. The monoisotopic (exact) mass is 261 g/mol. The first-order valence-electron chi connectivity index (χ1n) is 7.88. The van der Waals surface area contributed by atoms with E-state index in [0.717, 1.165) is 30.5 Å². The Morgan fingerprint density at radius 3 is 2.68 bits per heavy atom. The van der Waals surface area contributed by atoms with Crippen molar-refractivity contribution in [2.75, 3.05) is 13.2 Å². The highest BCUT2D eigenvalue weighted by molar-refractivity contribution is 5.55. The molecule has 19 heavy (non-hydrogen) atoms. The Morgan fingerprint density at radius 1 is 1.42 bits per heavy atom. The molecule has 0 spiro atoms. The third-order valence-corrected chi connectivity index (χ3v) is 5.19. The van der Waals surface area contributed by atoms with Gasteiger partial charge in [-0.2, -0.15) is 0 Å². The number of hydrogen-bond donors (Lipinski definition) is 1. The van der Waals surface area contributed by atoms with Crippen molar-refractivity contribution in [3.63, 3.8) is 0 Å². The number of aliphatic hydroxyl groups excluding tert-OH is 1. The molecular weight excluding hydrogens is 234 g/mol. The molecule has 0 bridgehead atoms. The SMILES string of the molecule is CC(C[C@H]1CC=C(C(C)C)CC1)=C1[C@@H]2[C@H]1N2CCO. The molecule has 1 saturated carbocycles. The van der Waals surface area contributed by atoms with Gasteiger partial charge in [0.1, 0.15) is 0 Å². The molecule has 3 rings (SSSR count). The Balaban J connectivity index is 1.48. The molecular formula is C17H27NO. The van der Waals surface area contributed by atoms with Gasteiger partial charge in [0, 0.05) is 6.54 Å². The third-order valence-electron chi connectivity index (χ3n) is 5.19. The molecule has 1 N–H and O–H groups in total. The lowest BCUT2D eigenvalue weighted by atomic mass is 9.82. The second kappa shape index (κ2) is 5.06. The van der Waals surface area contributed by atoms with Gasteiger partial charge >= 0.3 is 0 Å². The topological polar surface area (TPSA) is 23.2 Å². The van der Waals surface area contributed by atoms with Crippen LogP contribution in [0.15, 0.2) is 22.8 Å². The van der Waals surface area contributed by atoms with E-state index in [1.165, 1.54) is 25.7 Å². The summed E-state index contributed by atoms with van der Waals surface area (Å²) in [5.41, 5.74) is 5.02. The third kappa shape index (κ3) is 2.53. The molecule has 2 aliphatic carbocycles. The zero-order chi connectivity index (χ0) is 13.6. The Bertz CT molecular complexity index is 409. The van der Waals surface area contributed by atoms with Crippen molar-refractivity contribution in [1.29, 1.82) is 0 Å². The summed E-state index contributed by atoms with van der Waals surface area (Å²) >= 11 is 0. The highest BCUT2D eigenvalue weighted by Gasteiger charge is 2.67. The van der Waals surface area contributed by atoms with Crippen LogP contribution in [0, 0.1) is 11.8 Å². The quantitative estimate of drug-likeness (QED) is 0.607. The zero-order valence-corrected chi connectivity index (χ0v) is 12.5. The van der Waals surface area contributed by atoms with Gasteiger partial charge in [0.15, 0.2) is 0 Å². The fourth-order valence-corrected chi connectivity index (χ4v) is 3.85. The van der Waals surface area contributed by atoms with Crippen molar-refractivity contribution < 1.29 is 5.11 Å². The van der Waals surface area contributed by atoms with E-state index in [1.54, 1.807) is 16.7 Å². The molecule has 1 saturated heterocycles. The Hall–Kier alpha value is -0.600. The summed E-state index contributed by atoms with van der Waals surface area (Å²) in [4.78, 5) is 2.40. The number of allylic oxidation sites excluding steroid dienone is 3. The van der Waals surface area contributed by atoms with Crippen molar-refractivity contribution in [3.05, 3.63) is 22.8 Å². The molecule has 4 atom stereocenters. The lowest BCUT2D eigenvalue weighted by Crippen LogP contribution is -2.17. The van der Waals surface area contributed by atoms with Crippen LogP contribution in [0.25, 0.3) is 0 Å². The van der Waals surface area contributed by atoms with Crippen LogP contribution in [0.4, 0.5) is 0 Å². The largest absolute Gasteiger partial charge is 0.395 e. The first-order valence-corrected chi connectivity index (χ1v) is 7.88. The molecule has 2 heteroatoms. The van der Waals surface area contributed by atoms with Crippen molar-refractivity contribution in [1.82, 2.24) is 4.90 Å². The van der Waals surface area contributed by atoms with Gasteiger partial charge in [0.2, 0.25) is 0 Å². The zero-order valence-electron chi connectivity index (χ0n) is 12.5. The normalized spacial score (nSPS) is 38.9. The predicted octanol–water partition coefficient (Wildman–Crippen LogP) is 3.13. The van der Waals surface area contributed by atoms with Crippen molar-refractivity contribution in [2.24, 2.45) is 11.8 Å². The number of hydrogen-bond acceptors (Lipinski definition) is 2. The Morgan fingerprint density at radius 2 is 2.16 bits per heavy atom. The van der Waals surface area contributed by atoms with Crippen molar-refractivity contribution in [3.8, 4) is 0 Å². The number of fused-ring (bicyclic) bond motifs is 1. The van der Waals surface area contributed by atoms with E-state index in [2.05, 4.69) is 31.7 Å². The number of β-amino-alcohol motifs (C(OH)–C–C–N with tert-alkyl or cyclic N) is 1. The standard InChI is InChI=1S/C17H27NO/c1-11(2)14-6-4-13(5-7-14)10-12(3)15-16-17(15)18(16)8-9-19/h6,11,13,16-17,19H,4-5,7-10H2,1-3H3/t13-,16-,17+,18?/m0/s1. The van der Waals surface area contributed by atoms with E-state index in [9.17, 15) is 0 Å². The molecule has 1 heterocycles. The summed E-state index contributed by atoms with van der Waals surface area (Å²) in [6, 6.07) is 1.47. The molecule has 0 aromatic rings. The second-order valence-corrected chi connectivity index (χ2v) is 6.87. The van der Waals surface area contributed by atoms with Crippen LogP contribution < -0.4 is 0 Å². The molecule has 1 unspecified atom stereocenters. The van der Waals surface area contributed by atoms with Gasteiger partial charge in [-0.3, -0.25) is 4.90 Å². The highest BCUT2D eigenvalue weighted by atomic mass is 16.3. The molecule has 0 amide bonds. The van der Waals surface area contributed by atoms with Crippen LogP contribution in [0.5, 0.6) is 0 Å². The lowest BCUT2D eigenvalue weighted by Gasteiger charge is -2.24. The molecule has 106 valence electrons. The van der Waals surface area contributed by atoms with Crippen molar-refractivity contribution in [2.45, 2.75) is 58.5 Å². The van der Waals surface area contributed by atoms with Gasteiger partial charge in [0.25, 0.3) is 0 Å². The highest BCUT2D eigenvalue weighted by Crippen LogP contribution is 2.58.